The number of alkyl halides is 1. The molecule has 1 aliphatic rings. The van der Waals surface area contributed by atoms with Crippen LogP contribution >= 0.6 is 15.9 Å². The Kier molecular flexibility index (Phi) is 6.16. The molecule has 0 atom stereocenters. The molecule has 0 saturated carbocycles. The second-order valence-corrected chi connectivity index (χ2v) is 8.31. The van der Waals surface area contributed by atoms with Crippen LogP contribution in [0.3, 0.4) is 0 Å². The van der Waals surface area contributed by atoms with E-state index in [9.17, 15) is 4.79 Å². The quantitative estimate of drug-likeness (QED) is 0.401. The number of hydrogen-bond acceptors (Lipinski definition) is 2. The maximum absolute atomic E-state index is 10.9. The molecule has 1 aromatic heterocycles. The van der Waals surface area contributed by atoms with Gasteiger partial charge in [-0.2, -0.15) is 0 Å². The normalized spacial score (nSPS) is 14.5. The van der Waals surface area contributed by atoms with Crippen LogP contribution in [0.15, 0.2) is 54.6 Å². The number of hydrogen-bond donors (Lipinski definition) is 1. The van der Waals surface area contributed by atoms with Crippen molar-refractivity contribution in [1.29, 1.82) is 0 Å². The average Bonchev–Trinajstić information content (AvgIpc) is 3.04. The summed E-state index contributed by atoms with van der Waals surface area (Å²) < 4.78 is 2.47. The summed E-state index contributed by atoms with van der Waals surface area (Å²) in [5, 5.41) is 11.2. The van der Waals surface area contributed by atoms with Crippen LogP contribution in [0.1, 0.15) is 28.8 Å². The van der Waals surface area contributed by atoms with E-state index in [0.717, 1.165) is 49.9 Å². The number of aromatic nitrogens is 1. The van der Waals surface area contributed by atoms with E-state index in [4.69, 9.17) is 5.11 Å². The maximum atomic E-state index is 10.9. The van der Waals surface area contributed by atoms with Crippen molar-refractivity contribution < 1.29 is 9.90 Å². The Morgan fingerprint density at radius 3 is 2.76 bits per heavy atom. The standard InChI is InChI=1S/C24H25BrN2O2/c25-12-4-13-27-22-9-7-18(8-10-24(28)29)15-20(22)21-17-26(14-11-23(21)27)16-19-5-2-1-3-6-19/h1-3,5-10,15H,4,11-14,16-17H2,(H,28,29)/b10-8+. The molecule has 2 heterocycles. The van der Waals surface area contributed by atoms with E-state index in [1.54, 1.807) is 6.08 Å². The Labute approximate surface area is 179 Å². The van der Waals surface area contributed by atoms with Gasteiger partial charge in [-0.3, -0.25) is 4.90 Å². The zero-order chi connectivity index (χ0) is 20.2. The van der Waals surface area contributed by atoms with Crippen LogP contribution in [0.5, 0.6) is 0 Å². The van der Waals surface area contributed by atoms with Gasteiger partial charge < -0.3 is 9.67 Å². The van der Waals surface area contributed by atoms with Gasteiger partial charge in [0.2, 0.25) is 0 Å². The molecule has 0 spiro atoms. The lowest BCUT2D eigenvalue weighted by molar-refractivity contribution is -0.131. The van der Waals surface area contributed by atoms with E-state index in [1.807, 2.05) is 6.07 Å². The molecule has 0 aliphatic carbocycles. The fraction of sp³-hybridized carbons (Fsp3) is 0.292. The number of aliphatic carboxylic acids is 1. The van der Waals surface area contributed by atoms with Crippen LogP contribution in [0.2, 0.25) is 0 Å². The zero-order valence-electron chi connectivity index (χ0n) is 16.4. The first-order valence-corrected chi connectivity index (χ1v) is 11.1. The van der Waals surface area contributed by atoms with Gasteiger partial charge in [0.05, 0.1) is 0 Å². The van der Waals surface area contributed by atoms with Gasteiger partial charge in [-0.05, 0) is 41.3 Å². The molecule has 1 N–H and O–H groups in total. The molecule has 1 aliphatic heterocycles. The first kappa shape index (κ1) is 19.9. The molecule has 0 unspecified atom stereocenters. The Balaban J connectivity index is 1.70. The monoisotopic (exact) mass is 452 g/mol. The lowest BCUT2D eigenvalue weighted by atomic mass is 10.0. The highest BCUT2D eigenvalue weighted by Crippen LogP contribution is 2.33. The highest BCUT2D eigenvalue weighted by molar-refractivity contribution is 9.09. The smallest absolute Gasteiger partial charge is 0.328 e. The van der Waals surface area contributed by atoms with Crippen molar-refractivity contribution in [3.63, 3.8) is 0 Å². The van der Waals surface area contributed by atoms with Crippen molar-refractivity contribution in [2.75, 3.05) is 11.9 Å². The van der Waals surface area contributed by atoms with Gasteiger partial charge >= 0.3 is 5.97 Å². The molecule has 4 rings (SSSR count). The van der Waals surface area contributed by atoms with Crippen molar-refractivity contribution in [3.8, 4) is 0 Å². The first-order valence-electron chi connectivity index (χ1n) is 10.0. The van der Waals surface area contributed by atoms with Crippen LogP contribution in [0.4, 0.5) is 0 Å². The summed E-state index contributed by atoms with van der Waals surface area (Å²) in [6, 6.07) is 16.9. The van der Waals surface area contributed by atoms with Crippen LogP contribution < -0.4 is 0 Å². The number of carboxylic acids is 1. The van der Waals surface area contributed by atoms with E-state index in [0.29, 0.717) is 0 Å². The van der Waals surface area contributed by atoms with Crippen LogP contribution in [0, 0.1) is 0 Å². The summed E-state index contributed by atoms with van der Waals surface area (Å²) in [6.45, 7) is 3.93. The molecule has 2 aromatic carbocycles. The Morgan fingerprint density at radius 2 is 2.00 bits per heavy atom. The van der Waals surface area contributed by atoms with Crippen LogP contribution in [-0.2, 0) is 30.8 Å². The van der Waals surface area contributed by atoms with Crippen molar-refractivity contribution in [2.45, 2.75) is 32.5 Å². The third-order valence-electron chi connectivity index (χ3n) is 5.54. The van der Waals surface area contributed by atoms with Gasteiger partial charge in [0.1, 0.15) is 0 Å². The largest absolute Gasteiger partial charge is 0.478 e. The topological polar surface area (TPSA) is 45.5 Å². The summed E-state index contributed by atoms with van der Waals surface area (Å²) in [7, 11) is 0. The molecule has 4 nitrogen and oxygen atoms in total. The maximum Gasteiger partial charge on any atom is 0.328 e. The Morgan fingerprint density at radius 1 is 1.17 bits per heavy atom. The second-order valence-electron chi connectivity index (χ2n) is 7.51. The fourth-order valence-electron chi connectivity index (χ4n) is 4.24. The first-order chi connectivity index (χ1) is 14.2. The van der Waals surface area contributed by atoms with Gasteiger partial charge in [-0.25, -0.2) is 4.79 Å². The molecular formula is C24H25BrN2O2. The lowest BCUT2D eigenvalue weighted by Crippen LogP contribution is -2.30. The molecule has 0 amide bonds. The summed E-state index contributed by atoms with van der Waals surface area (Å²) in [5.41, 5.74) is 6.35. The Bertz CT molecular complexity index is 1040. The van der Waals surface area contributed by atoms with Crippen LogP contribution in [0.25, 0.3) is 17.0 Å². The summed E-state index contributed by atoms with van der Waals surface area (Å²) in [4.78, 5) is 13.4. The average molecular weight is 453 g/mol. The SMILES string of the molecule is O=C(O)/C=C/c1ccc2c(c1)c1c(n2CCCBr)CCN(Cc2ccccc2)C1. The summed E-state index contributed by atoms with van der Waals surface area (Å²) in [6.07, 6.45) is 5.01. The second kappa shape index (κ2) is 8.97. The van der Waals surface area contributed by atoms with Crippen LogP contribution in [-0.4, -0.2) is 32.4 Å². The van der Waals surface area contributed by atoms with Crippen molar-refractivity contribution in [2.24, 2.45) is 0 Å². The Hall–Kier alpha value is -2.37. The molecule has 0 fully saturated rings. The molecular weight excluding hydrogens is 428 g/mol. The lowest BCUT2D eigenvalue weighted by Gasteiger charge is -2.28. The number of fused-ring (bicyclic) bond motifs is 3. The molecule has 0 saturated heterocycles. The van der Waals surface area contributed by atoms with Gasteiger partial charge in [-0.15, -0.1) is 0 Å². The van der Waals surface area contributed by atoms with Crippen molar-refractivity contribution >= 4 is 38.9 Å². The predicted molar refractivity (Wildman–Crippen MR) is 121 cm³/mol. The number of carboxylic acid groups (broad SMARTS) is 1. The van der Waals surface area contributed by atoms with Gasteiger partial charge in [0.15, 0.2) is 0 Å². The summed E-state index contributed by atoms with van der Waals surface area (Å²) >= 11 is 3.56. The third-order valence-corrected chi connectivity index (χ3v) is 6.10. The minimum Gasteiger partial charge on any atom is -0.478 e. The molecule has 3 aromatic rings. The van der Waals surface area contributed by atoms with Gasteiger partial charge in [0, 0.05) is 60.6 Å². The summed E-state index contributed by atoms with van der Waals surface area (Å²) in [5.74, 6) is -0.920. The number of aryl methyl sites for hydroxylation is 1. The van der Waals surface area contributed by atoms with Crippen molar-refractivity contribution in [1.82, 2.24) is 9.47 Å². The minimum absolute atomic E-state index is 0.920. The fourth-order valence-corrected chi connectivity index (χ4v) is 4.50. The number of carbonyl (C=O) groups is 1. The number of rotatable bonds is 7. The molecule has 150 valence electrons. The number of halogens is 1. The molecule has 0 radical (unpaired) electrons. The number of nitrogens with zero attached hydrogens (tertiary/aromatic N) is 2. The van der Waals surface area contributed by atoms with Crippen molar-refractivity contribution in [3.05, 3.63) is 77.0 Å². The van der Waals surface area contributed by atoms with E-state index in [-0.39, 0.29) is 0 Å². The highest BCUT2D eigenvalue weighted by Gasteiger charge is 2.24. The highest BCUT2D eigenvalue weighted by atomic mass is 79.9. The predicted octanol–water partition coefficient (Wildman–Crippen LogP) is 5.08. The van der Waals surface area contributed by atoms with E-state index >= 15 is 0 Å². The molecule has 0 bridgehead atoms. The third kappa shape index (κ3) is 4.46. The van der Waals surface area contributed by atoms with Gasteiger partial charge in [0.25, 0.3) is 0 Å². The van der Waals surface area contributed by atoms with E-state index in [2.05, 4.69) is 67.9 Å². The molecule has 5 heteroatoms. The minimum atomic E-state index is -0.920. The molecule has 29 heavy (non-hydrogen) atoms. The number of benzene rings is 2. The van der Waals surface area contributed by atoms with E-state index in [1.165, 1.54) is 33.8 Å². The van der Waals surface area contributed by atoms with E-state index < -0.39 is 5.97 Å². The van der Waals surface area contributed by atoms with Gasteiger partial charge in [-0.1, -0.05) is 52.3 Å². The zero-order valence-corrected chi connectivity index (χ0v) is 17.9.